The Bertz CT molecular complexity index is 479. The molecule has 20 heavy (non-hydrogen) atoms. The molecule has 0 amide bonds. The van der Waals surface area contributed by atoms with Gasteiger partial charge < -0.3 is 9.80 Å². The van der Waals surface area contributed by atoms with Crippen LogP contribution in [0.15, 0.2) is 5.57 Å². The fourth-order valence-electron chi connectivity index (χ4n) is 2.89. The van der Waals surface area contributed by atoms with Crippen molar-refractivity contribution in [3.05, 3.63) is 16.8 Å². The Labute approximate surface area is 123 Å². The molecule has 3 rings (SSSR count). The van der Waals surface area contributed by atoms with Gasteiger partial charge in [0.2, 0.25) is 0 Å². The topological polar surface area (TPSA) is 24.3 Å². The molecule has 0 N–H and O–H groups in total. The van der Waals surface area contributed by atoms with Gasteiger partial charge in [0.15, 0.2) is 5.82 Å². The van der Waals surface area contributed by atoms with Crippen LogP contribution in [-0.4, -0.2) is 47.9 Å². The number of aromatic nitrogens is 2. The van der Waals surface area contributed by atoms with Gasteiger partial charge in [-0.25, -0.2) is 0 Å². The van der Waals surface area contributed by atoms with Gasteiger partial charge in [0.1, 0.15) is 0 Å². The van der Waals surface area contributed by atoms with E-state index in [0.29, 0.717) is 0 Å². The van der Waals surface area contributed by atoms with Crippen LogP contribution >= 0.6 is 0 Å². The molecule has 2 aliphatic rings. The van der Waals surface area contributed by atoms with Crippen LogP contribution in [0.1, 0.15) is 38.4 Å². The summed E-state index contributed by atoms with van der Waals surface area (Å²) in [7, 11) is 4.27. The van der Waals surface area contributed by atoms with E-state index in [0.717, 1.165) is 32.6 Å². The van der Waals surface area contributed by atoms with E-state index in [1.807, 2.05) is 13.8 Å². The number of likely N-dealkylation sites (N-methyl/N-ethyl adjacent to an activating group) is 1. The van der Waals surface area contributed by atoms with Crippen LogP contribution < -0.4 is 4.90 Å². The van der Waals surface area contributed by atoms with Gasteiger partial charge in [-0.1, -0.05) is 25.5 Å². The van der Waals surface area contributed by atoms with Crippen LogP contribution in [0.2, 0.25) is 0 Å². The molecule has 0 radical (unpaired) electrons. The summed E-state index contributed by atoms with van der Waals surface area (Å²) in [6.45, 7) is 10.7. The Morgan fingerprint density at radius 3 is 2.30 bits per heavy atom. The third kappa shape index (κ3) is 2.90. The Kier molecular flexibility index (Phi) is 4.86. The van der Waals surface area contributed by atoms with Gasteiger partial charge in [-0.05, 0) is 26.8 Å². The second kappa shape index (κ2) is 6.44. The van der Waals surface area contributed by atoms with Crippen LogP contribution in [-0.2, 0) is 13.5 Å². The predicted octanol–water partition coefficient (Wildman–Crippen LogP) is 2.55. The minimum atomic E-state index is 1.09. The zero-order valence-corrected chi connectivity index (χ0v) is 13.6. The number of nitrogens with zero attached hydrogens (tertiary/aromatic N) is 4. The number of aryl methyl sites for hydroxylation is 1. The summed E-state index contributed by atoms with van der Waals surface area (Å²) in [5.41, 5.74) is 4.24. The first kappa shape index (κ1) is 15.1. The molecule has 0 spiro atoms. The van der Waals surface area contributed by atoms with E-state index in [9.17, 15) is 0 Å². The minimum absolute atomic E-state index is 1.09. The van der Waals surface area contributed by atoms with Crippen molar-refractivity contribution < 1.29 is 0 Å². The zero-order valence-electron chi connectivity index (χ0n) is 13.6. The number of hydrogen-bond acceptors (Lipinski definition) is 3. The first-order chi connectivity index (χ1) is 9.65. The monoisotopic (exact) mass is 276 g/mol. The SMILES string of the molecule is CC.CC1=Cc2c(N3CCN(C)CC3)nn(C)c2CC1. The van der Waals surface area contributed by atoms with Gasteiger partial charge in [-0.15, -0.1) is 0 Å². The summed E-state index contributed by atoms with van der Waals surface area (Å²) in [5.74, 6) is 1.19. The molecule has 0 aromatic carbocycles. The quantitative estimate of drug-likeness (QED) is 0.788. The highest BCUT2D eigenvalue weighted by Gasteiger charge is 2.24. The molecule has 1 aliphatic carbocycles. The average molecular weight is 276 g/mol. The summed E-state index contributed by atoms with van der Waals surface area (Å²) >= 11 is 0. The summed E-state index contributed by atoms with van der Waals surface area (Å²) in [6, 6.07) is 0. The van der Waals surface area contributed by atoms with Crippen LogP contribution in [0.25, 0.3) is 6.08 Å². The molecule has 4 nitrogen and oxygen atoms in total. The van der Waals surface area contributed by atoms with Gasteiger partial charge in [0.05, 0.1) is 0 Å². The van der Waals surface area contributed by atoms with Crippen molar-refractivity contribution in [3.8, 4) is 0 Å². The minimum Gasteiger partial charge on any atom is -0.352 e. The molecule has 1 aromatic rings. The van der Waals surface area contributed by atoms with E-state index in [1.54, 1.807) is 0 Å². The fraction of sp³-hybridized carbons (Fsp3) is 0.688. The molecule has 1 aromatic heterocycles. The maximum atomic E-state index is 4.75. The number of anilines is 1. The maximum absolute atomic E-state index is 4.75. The Morgan fingerprint density at radius 2 is 1.65 bits per heavy atom. The molecule has 0 saturated carbocycles. The summed E-state index contributed by atoms with van der Waals surface area (Å²) in [5, 5.41) is 4.75. The smallest absolute Gasteiger partial charge is 0.158 e. The summed E-state index contributed by atoms with van der Waals surface area (Å²) < 4.78 is 2.08. The van der Waals surface area contributed by atoms with Crippen molar-refractivity contribution in [2.75, 3.05) is 38.1 Å². The maximum Gasteiger partial charge on any atom is 0.158 e. The molecule has 0 atom stereocenters. The van der Waals surface area contributed by atoms with Crippen molar-refractivity contribution in [1.29, 1.82) is 0 Å². The lowest BCUT2D eigenvalue weighted by molar-refractivity contribution is 0.312. The van der Waals surface area contributed by atoms with E-state index < -0.39 is 0 Å². The van der Waals surface area contributed by atoms with Crippen molar-refractivity contribution in [3.63, 3.8) is 0 Å². The largest absolute Gasteiger partial charge is 0.352 e. The van der Waals surface area contributed by atoms with Gasteiger partial charge in [0, 0.05) is 44.5 Å². The highest BCUT2D eigenvalue weighted by Crippen LogP contribution is 2.31. The Morgan fingerprint density at radius 1 is 1.00 bits per heavy atom. The molecule has 1 saturated heterocycles. The number of allylic oxidation sites excluding steroid dienone is 1. The third-order valence-electron chi connectivity index (χ3n) is 4.14. The number of hydrogen-bond donors (Lipinski definition) is 0. The third-order valence-corrected chi connectivity index (χ3v) is 4.14. The number of piperazine rings is 1. The number of fused-ring (bicyclic) bond motifs is 1. The molecular formula is C16H28N4. The van der Waals surface area contributed by atoms with Crippen molar-refractivity contribution in [1.82, 2.24) is 14.7 Å². The molecule has 1 aliphatic heterocycles. The van der Waals surface area contributed by atoms with Gasteiger partial charge in [-0.2, -0.15) is 5.10 Å². The van der Waals surface area contributed by atoms with E-state index in [4.69, 9.17) is 5.10 Å². The molecule has 2 heterocycles. The van der Waals surface area contributed by atoms with Crippen LogP contribution in [0.3, 0.4) is 0 Å². The van der Waals surface area contributed by atoms with E-state index >= 15 is 0 Å². The zero-order chi connectivity index (χ0) is 14.7. The Balaban J connectivity index is 0.000000704. The van der Waals surface area contributed by atoms with Crippen LogP contribution in [0, 0.1) is 0 Å². The summed E-state index contributed by atoms with van der Waals surface area (Å²) in [4.78, 5) is 4.82. The molecule has 1 fully saturated rings. The van der Waals surface area contributed by atoms with E-state index in [1.165, 1.54) is 29.1 Å². The fourth-order valence-corrected chi connectivity index (χ4v) is 2.89. The van der Waals surface area contributed by atoms with Crippen molar-refractivity contribution in [2.24, 2.45) is 7.05 Å². The van der Waals surface area contributed by atoms with Crippen LogP contribution in [0.5, 0.6) is 0 Å². The molecule has 0 bridgehead atoms. The van der Waals surface area contributed by atoms with Gasteiger partial charge >= 0.3 is 0 Å². The lowest BCUT2D eigenvalue weighted by Gasteiger charge is -2.33. The lowest BCUT2D eigenvalue weighted by Crippen LogP contribution is -2.45. The lowest BCUT2D eigenvalue weighted by atomic mass is 9.98. The molecule has 0 unspecified atom stereocenters. The second-order valence-corrected chi connectivity index (χ2v) is 5.59. The average Bonchev–Trinajstić information content (AvgIpc) is 2.78. The molecular weight excluding hydrogens is 248 g/mol. The van der Waals surface area contributed by atoms with Gasteiger partial charge in [0.25, 0.3) is 0 Å². The predicted molar refractivity (Wildman–Crippen MR) is 86.2 cm³/mol. The van der Waals surface area contributed by atoms with E-state index in [-0.39, 0.29) is 0 Å². The Hall–Kier alpha value is -1.29. The normalized spacial score (nSPS) is 19.1. The van der Waals surface area contributed by atoms with Crippen molar-refractivity contribution in [2.45, 2.75) is 33.6 Å². The van der Waals surface area contributed by atoms with Crippen LogP contribution in [0.4, 0.5) is 5.82 Å². The van der Waals surface area contributed by atoms with E-state index in [2.05, 4.69) is 41.6 Å². The summed E-state index contributed by atoms with van der Waals surface area (Å²) in [6.07, 6.45) is 4.64. The molecule has 112 valence electrons. The highest BCUT2D eigenvalue weighted by atomic mass is 15.4. The second-order valence-electron chi connectivity index (χ2n) is 5.59. The first-order valence-electron chi connectivity index (χ1n) is 7.81. The molecule has 4 heteroatoms. The van der Waals surface area contributed by atoms with Crippen molar-refractivity contribution >= 4 is 11.9 Å². The number of rotatable bonds is 1. The highest BCUT2D eigenvalue weighted by molar-refractivity contribution is 5.70. The van der Waals surface area contributed by atoms with Gasteiger partial charge in [-0.3, -0.25) is 4.68 Å². The first-order valence-corrected chi connectivity index (χ1v) is 7.81. The standard InChI is InChI=1S/C14H22N4.C2H6/c1-11-4-5-13-12(10-11)14(15-17(13)3)18-8-6-16(2)7-9-18;1-2/h10H,4-9H2,1-3H3;1-2H3.